The first-order valence-corrected chi connectivity index (χ1v) is 8.50. The van der Waals surface area contributed by atoms with Gasteiger partial charge < -0.3 is 0 Å². The molecule has 7 nitrogen and oxygen atoms in total. The molecule has 0 saturated carbocycles. The van der Waals surface area contributed by atoms with Crippen molar-refractivity contribution < 1.29 is 57.4 Å². The van der Waals surface area contributed by atoms with Gasteiger partial charge in [-0.2, -0.15) is 0 Å². The first-order chi connectivity index (χ1) is 3.65. The summed E-state index contributed by atoms with van der Waals surface area (Å²) in [7, 11) is 0. The molecule has 60 valence electrons. The summed E-state index contributed by atoms with van der Waals surface area (Å²) in [5, 5.41) is 0. The summed E-state index contributed by atoms with van der Waals surface area (Å²) < 4.78 is 60.3. The molecule has 0 saturated heterocycles. The maximum absolute atomic E-state index is 8.67. The van der Waals surface area contributed by atoms with Gasteiger partial charge in [-0.15, -0.1) is 0 Å². The predicted molar refractivity (Wildman–Crippen MR) is 16.1 cm³/mol. The van der Waals surface area contributed by atoms with Gasteiger partial charge in [0.25, 0.3) is 0 Å². The van der Waals surface area contributed by atoms with Crippen molar-refractivity contribution in [3.63, 3.8) is 0 Å². The Kier molecular flexibility index (Phi) is 8.25. The van der Waals surface area contributed by atoms with Crippen LogP contribution >= 0.6 is 0 Å². The first-order valence-electron chi connectivity index (χ1n) is 1.24. The molecule has 10 heavy (non-hydrogen) atoms. The Bertz CT molecular complexity index is 358. The molecule has 0 radical (unpaired) electrons. The second kappa shape index (κ2) is 4.95. The fourth-order valence-corrected chi connectivity index (χ4v) is 0. The summed E-state index contributed by atoms with van der Waals surface area (Å²) in [6.45, 7) is 0. The Balaban J connectivity index is -0.000000107. The molecule has 0 aromatic heterocycles. The van der Waals surface area contributed by atoms with Gasteiger partial charge in [0.2, 0.25) is 0 Å². The van der Waals surface area contributed by atoms with Crippen LogP contribution in [0.1, 0.15) is 0 Å². The zero-order chi connectivity index (χ0) is 8.15. The molecule has 0 N–H and O–H groups in total. The molecule has 0 amide bonds. The molecule has 0 aromatic rings. The molecule has 0 bridgehead atoms. The summed E-state index contributed by atoms with van der Waals surface area (Å²) in [5.41, 5.74) is 0. The van der Waals surface area contributed by atoms with Gasteiger partial charge >= 0.3 is 57.4 Å². The summed E-state index contributed by atoms with van der Waals surface area (Å²) in [4.78, 5) is 0. The van der Waals surface area contributed by atoms with Crippen molar-refractivity contribution in [3.05, 3.63) is 0 Å². The Hall–Kier alpha value is 0.219. The second-order valence-electron chi connectivity index (χ2n) is 0.764. The minimum atomic E-state index is -8.00. The van der Waals surface area contributed by atoms with Crippen LogP contribution in [-0.4, -0.2) is 11.0 Å². The SMILES string of the molecule is [O]=[Ti]=[O].[O]=[W](=[O])(=[O])(=[O])=[O].[SiH4]. The molecule has 0 rings (SSSR count). The summed E-state index contributed by atoms with van der Waals surface area (Å²) in [5.74, 6) is 0. The van der Waals surface area contributed by atoms with Crippen molar-refractivity contribution in [2.75, 3.05) is 0 Å². The van der Waals surface area contributed by atoms with Gasteiger partial charge in [0, 0.05) is 0 Å². The Labute approximate surface area is 68.1 Å². The zero-order valence-electron chi connectivity index (χ0n) is 3.77. The Morgan fingerprint density at radius 3 is 0.800 bits per heavy atom. The molecular formula is H4O7SiTiW. The monoisotopic (exact) mass is 376 g/mol. The van der Waals surface area contributed by atoms with E-state index in [0.29, 0.717) is 0 Å². The van der Waals surface area contributed by atoms with Crippen molar-refractivity contribution >= 4 is 11.0 Å². The van der Waals surface area contributed by atoms with E-state index in [2.05, 4.69) is 0 Å². The molecule has 0 aliphatic carbocycles. The van der Waals surface area contributed by atoms with E-state index in [4.69, 9.17) is 23.6 Å². The normalized spacial score (nSPS) is 6.80. The van der Waals surface area contributed by atoms with E-state index in [0.717, 1.165) is 0 Å². The molecule has 0 aliphatic rings. The fourth-order valence-electron chi connectivity index (χ4n) is 0. The molecule has 0 aromatic carbocycles. The van der Waals surface area contributed by atoms with Gasteiger partial charge in [0.05, 0.1) is 0 Å². The third-order valence-corrected chi connectivity index (χ3v) is 0. The average molecular weight is 376 g/mol. The van der Waals surface area contributed by atoms with E-state index in [1.165, 1.54) is 0 Å². The van der Waals surface area contributed by atoms with E-state index in [1.807, 2.05) is 0 Å². The van der Waals surface area contributed by atoms with Crippen LogP contribution in [0.25, 0.3) is 0 Å². The van der Waals surface area contributed by atoms with Gasteiger partial charge in [0.15, 0.2) is 0 Å². The standard InChI is InChI=1S/7O.H4Si.Ti.W/h;;;;;;;1H4;;. The fraction of sp³-hybridized carbons (Fsp3) is 0. The maximum atomic E-state index is 8.67. The molecule has 0 heterocycles. The Morgan fingerprint density at radius 1 is 0.800 bits per heavy atom. The van der Waals surface area contributed by atoms with Crippen LogP contribution in [0, 0.1) is 0 Å². The third-order valence-electron chi connectivity index (χ3n) is 0. The van der Waals surface area contributed by atoms with Crippen LogP contribution in [0.2, 0.25) is 0 Å². The van der Waals surface area contributed by atoms with Crippen LogP contribution in [0.15, 0.2) is 0 Å². The maximum Gasteiger partial charge on any atom is -0.0149 e. The number of hydrogen-bond donors (Lipinski definition) is 0. The van der Waals surface area contributed by atoms with E-state index < -0.39 is 33.7 Å². The average Bonchev–Trinajstić information content (AvgIpc) is 1.23. The van der Waals surface area contributed by atoms with E-state index >= 15 is 0 Å². The number of hydrogen-bond acceptors (Lipinski definition) is 7. The quantitative estimate of drug-likeness (QED) is 0.437. The van der Waals surface area contributed by atoms with Gasteiger partial charge in [0.1, 0.15) is 0 Å². The van der Waals surface area contributed by atoms with E-state index in [-0.39, 0.29) is 11.0 Å². The smallest absolute Gasteiger partial charge is 0.0149 e. The summed E-state index contributed by atoms with van der Waals surface area (Å²) in [6, 6.07) is 0. The summed E-state index contributed by atoms with van der Waals surface area (Å²) >= 11 is -10.0. The van der Waals surface area contributed by atoms with Crippen molar-refractivity contribution in [1.29, 1.82) is 0 Å². The van der Waals surface area contributed by atoms with Crippen LogP contribution in [0.4, 0.5) is 0 Å². The molecule has 10 heteroatoms. The van der Waals surface area contributed by atoms with Crippen LogP contribution in [0.5, 0.6) is 0 Å². The van der Waals surface area contributed by atoms with Gasteiger partial charge in [-0.25, -0.2) is 0 Å². The topological polar surface area (TPSA) is 119 Å². The molecule has 0 atom stereocenters. The Morgan fingerprint density at radius 2 is 0.800 bits per heavy atom. The predicted octanol–water partition coefficient (Wildman–Crippen LogP) is -2.29. The van der Waals surface area contributed by atoms with Crippen molar-refractivity contribution in [2.45, 2.75) is 0 Å². The summed E-state index contributed by atoms with van der Waals surface area (Å²) in [6.07, 6.45) is 0. The molecular weight excluding hydrogens is 372 g/mol. The largest absolute Gasteiger partial charge is 0.0149 e. The third kappa shape index (κ3) is 8890. The minimum Gasteiger partial charge on any atom is -0.0149 e. The minimum absolute atomic E-state index is 0. The second-order valence-corrected chi connectivity index (χ2v) is 5.91. The van der Waals surface area contributed by atoms with Crippen molar-refractivity contribution in [3.8, 4) is 0 Å². The van der Waals surface area contributed by atoms with E-state index in [9.17, 15) is 0 Å². The van der Waals surface area contributed by atoms with E-state index in [1.54, 1.807) is 0 Å². The molecule has 0 fully saturated rings. The van der Waals surface area contributed by atoms with Crippen LogP contribution in [-0.2, 0) is 57.4 Å². The first kappa shape index (κ1) is 16.7. The van der Waals surface area contributed by atoms with Gasteiger partial charge in [-0.3, -0.25) is 0 Å². The van der Waals surface area contributed by atoms with Crippen molar-refractivity contribution in [1.82, 2.24) is 0 Å². The molecule has 0 unspecified atom stereocenters. The molecule has 0 aliphatic heterocycles. The number of rotatable bonds is 0. The molecule has 0 spiro atoms. The van der Waals surface area contributed by atoms with Crippen molar-refractivity contribution in [2.24, 2.45) is 0 Å². The van der Waals surface area contributed by atoms with Crippen LogP contribution in [0.3, 0.4) is 0 Å². The van der Waals surface area contributed by atoms with Crippen LogP contribution < -0.4 is 0 Å². The van der Waals surface area contributed by atoms with Gasteiger partial charge in [-0.05, 0) is 11.0 Å². The van der Waals surface area contributed by atoms with Gasteiger partial charge in [-0.1, -0.05) is 0 Å². The zero-order valence-corrected chi connectivity index (χ0v) is 8.26.